The van der Waals surface area contributed by atoms with Crippen LogP contribution in [0.25, 0.3) is 0 Å². The number of carbonyl (C=O) groups is 1. The lowest BCUT2D eigenvalue weighted by molar-refractivity contribution is 0.102. The van der Waals surface area contributed by atoms with Gasteiger partial charge in [-0.3, -0.25) is 4.79 Å². The van der Waals surface area contributed by atoms with Crippen LogP contribution in [0, 0.1) is 13.8 Å². The first-order valence-electron chi connectivity index (χ1n) is 5.71. The number of benzene rings is 2. The predicted octanol–water partition coefficient (Wildman–Crippen LogP) is 4.21. The van der Waals surface area contributed by atoms with Gasteiger partial charge < -0.3 is 5.32 Å². The summed E-state index contributed by atoms with van der Waals surface area (Å²) >= 11 is 5.96. The number of nitrogens with one attached hydrogen (secondary N) is 1. The highest BCUT2D eigenvalue weighted by molar-refractivity contribution is 6.30. The van der Waals surface area contributed by atoms with Crippen LogP contribution in [0.2, 0.25) is 5.02 Å². The molecular formula is C15H14ClNO. The van der Waals surface area contributed by atoms with Crippen molar-refractivity contribution in [3.05, 3.63) is 64.2 Å². The SMILES string of the molecule is Cc1cc(Cl)cc(C)c1NC(=O)c1ccccc1. The van der Waals surface area contributed by atoms with Gasteiger partial charge in [-0.15, -0.1) is 0 Å². The Morgan fingerprint density at radius 2 is 1.61 bits per heavy atom. The fourth-order valence-corrected chi connectivity index (χ4v) is 2.21. The van der Waals surface area contributed by atoms with E-state index in [0.29, 0.717) is 10.6 Å². The Balaban J connectivity index is 2.28. The molecule has 0 unspecified atom stereocenters. The van der Waals surface area contributed by atoms with Crippen LogP contribution in [-0.2, 0) is 0 Å². The first-order chi connectivity index (χ1) is 8.58. The van der Waals surface area contributed by atoms with E-state index in [1.807, 2.05) is 44.2 Å². The van der Waals surface area contributed by atoms with Crippen molar-refractivity contribution in [2.45, 2.75) is 13.8 Å². The van der Waals surface area contributed by atoms with Crippen LogP contribution in [0.15, 0.2) is 42.5 Å². The maximum atomic E-state index is 12.1. The third-order valence-electron chi connectivity index (χ3n) is 2.77. The number of aryl methyl sites for hydroxylation is 2. The van der Waals surface area contributed by atoms with E-state index in [0.717, 1.165) is 16.8 Å². The Kier molecular flexibility index (Phi) is 3.68. The number of anilines is 1. The van der Waals surface area contributed by atoms with E-state index in [9.17, 15) is 4.79 Å². The summed E-state index contributed by atoms with van der Waals surface area (Å²) in [5, 5.41) is 3.61. The molecule has 18 heavy (non-hydrogen) atoms. The van der Waals surface area contributed by atoms with Gasteiger partial charge in [-0.1, -0.05) is 29.8 Å². The summed E-state index contributed by atoms with van der Waals surface area (Å²) in [5.74, 6) is -0.107. The molecular weight excluding hydrogens is 246 g/mol. The van der Waals surface area contributed by atoms with E-state index in [1.165, 1.54) is 0 Å². The smallest absolute Gasteiger partial charge is 0.255 e. The highest BCUT2D eigenvalue weighted by atomic mass is 35.5. The third kappa shape index (κ3) is 2.71. The average molecular weight is 260 g/mol. The van der Waals surface area contributed by atoms with Crippen LogP contribution < -0.4 is 5.32 Å². The van der Waals surface area contributed by atoms with Crippen molar-refractivity contribution in [3.8, 4) is 0 Å². The van der Waals surface area contributed by atoms with Gasteiger partial charge in [0.05, 0.1) is 0 Å². The molecule has 1 N–H and O–H groups in total. The van der Waals surface area contributed by atoms with Crippen molar-refractivity contribution in [3.63, 3.8) is 0 Å². The summed E-state index contributed by atoms with van der Waals surface area (Å²) in [7, 11) is 0. The molecule has 0 saturated carbocycles. The van der Waals surface area contributed by atoms with Crippen molar-refractivity contribution in [1.29, 1.82) is 0 Å². The molecule has 0 heterocycles. The van der Waals surface area contributed by atoms with Crippen LogP contribution in [0.4, 0.5) is 5.69 Å². The van der Waals surface area contributed by atoms with Crippen LogP contribution in [0.3, 0.4) is 0 Å². The second kappa shape index (κ2) is 5.23. The van der Waals surface area contributed by atoms with Gasteiger partial charge in [0.2, 0.25) is 0 Å². The molecule has 0 atom stereocenters. The lowest BCUT2D eigenvalue weighted by Gasteiger charge is -2.12. The van der Waals surface area contributed by atoms with Gasteiger partial charge in [0, 0.05) is 16.3 Å². The molecule has 3 heteroatoms. The number of carbonyl (C=O) groups excluding carboxylic acids is 1. The molecule has 0 spiro atoms. The van der Waals surface area contributed by atoms with Crippen molar-refractivity contribution >= 4 is 23.2 Å². The van der Waals surface area contributed by atoms with E-state index in [2.05, 4.69) is 5.32 Å². The van der Waals surface area contributed by atoms with E-state index in [4.69, 9.17) is 11.6 Å². The van der Waals surface area contributed by atoms with Gasteiger partial charge in [-0.05, 0) is 49.2 Å². The van der Waals surface area contributed by atoms with Crippen molar-refractivity contribution < 1.29 is 4.79 Å². The van der Waals surface area contributed by atoms with E-state index in [-0.39, 0.29) is 5.91 Å². The molecule has 2 rings (SSSR count). The summed E-state index contributed by atoms with van der Waals surface area (Å²) in [6.45, 7) is 3.86. The Morgan fingerprint density at radius 1 is 1.06 bits per heavy atom. The lowest BCUT2D eigenvalue weighted by atomic mass is 10.1. The van der Waals surface area contributed by atoms with Gasteiger partial charge in [-0.2, -0.15) is 0 Å². The Labute approximate surface area is 112 Å². The summed E-state index contributed by atoms with van der Waals surface area (Å²) < 4.78 is 0. The number of hydrogen-bond acceptors (Lipinski definition) is 1. The molecule has 92 valence electrons. The normalized spacial score (nSPS) is 10.2. The summed E-state index contributed by atoms with van der Waals surface area (Å²) in [4.78, 5) is 12.1. The zero-order chi connectivity index (χ0) is 13.1. The molecule has 0 saturated heterocycles. The predicted molar refractivity (Wildman–Crippen MR) is 75.3 cm³/mol. The molecule has 0 aliphatic heterocycles. The molecule has 0 aliphatic carbocycles. The maximum Gasteiger partial charge on any atom is 0.255 e. The van der Waals surface area contributed by atoms with Gasteiger partial charge in [0.15, 0.2) is 0 Å². The molecule has 2 nitrogen and oxygen atoms in total. The van der Waals surface area contributed by atoms with E-state index < -0.39 is 0 Å². The van der Waals surface area contributed by atoms with Crippen LogP contribution in [0.1, 0.15) is 21.5 Å². The lowest BCUT2D eigenvalue weighted by Crippen LogP contribution is -2.13. The second-order valence-corrected chi connectivity index (χ2v) is 4.67. The molecule has 0 radical (unpaired) electrons. The van der Waals surface area contributed by atoms with Gasteiger partial charge in [0.25, 0.3) is 5.91 Å². The minimum Gasteiger partial charge on any atom is -0.322 e. The highest BCUT2D eigenvalue weighted by Crippen LogP contribution is 2.25. The number of halogens is 1. The quantitative estimate of drug-likeness (QED) is 0.860. The molecule has 0 fully saturated rings. The molecule has 1 amide bonds. The van der Waals surface area contributed by atoms with Crippen molar-refractivity contribution in [2.24, 2.45) is 0 Å². The molecule has 0 aromatic heterocycles. The molecule has 0 bridgehead atoms. The summed E-state index contributed by atoms with van der Waals surface area (Å²) in [6.07, 6.45) is 0. The van der Waals surface area contributed by atoms with Crippen molar-refractivity contribution in [1.82, 2.24) is 0 Å². The van der Waals surface area contributed by atoms with Crippen LogP contribution in [0.5, 0.6) is 0 Å². The maximum absolute atomic E-state index is 12.1. The number of rotatable bonds is 2. The number of amides is 1. The minimum absolute atomic E-state index is 0.107. The molecule has 2 aromatic carbocycles. The second-order valence-electron chi connectivity index (χ2n) is 4.23. The van der Waals surface area contributed by atoms with E-state index in [1.54, 1.807) is 12.1 Å². The third-order valence-corrected chi connectivity index (χ3v) is 2.99. The van der Waals surface area contributed by atoms with Gasteiger partial charge in [-0.25, -0.2) is 0 Å². The summed E-state index contributed by atoms with van der Waals surface area (Å²) in [5.41, 5.74) is 3.40. The minimum atomic E-state index is -0.107. The molecule has 2 aromatic rings. The van der Waals surface area contributed by atoms with Crippen molar-refractivity contribution in [2.75, 3.05) is 5.32 Å². The Bertz CT molecular complexity index is 555. The first-order valence-corrected chi connectivity index (χ1v) is 6.09. The topological polar surface area (TPSA) is 29.1 Å². The number of hydrogen-bond donors (Lipinski definition) is 1. The fraction of sp³-hybridized carbons (Fsp3) is 0.133. The fourth-order valence-electron chi connectivity index (χ4n) is 1.88. The zero-order valence-electron chi connectivity index (χ0n) is 10.3. The average Bonchev–Trinajstić information content (AvgIpc) is 2.34. The van der Waals surface area contributed by atoms with Crippen LogP contribution in [-0.4, -0.2) is 5.91 Å². The standard InChI is InChI=1S/C15H14ClNO/c1-10-8-13(16)9-11(2)14(10)17-15(18)12-6-4-3-5-7-12/h3-9H,1-2H3,(H,17,18). The summed E-state index contributed by atoms with van der Waals surface area (Å²) in [6, 6.07) is 12.8. The molecule has 0 aliphatic rings. The van der Waals surface area contributed by atoms with E-state index >= 15 is 0 Å². The highest BCUT2D eigenvalue weighted by Gasteiger charge is 2.09. The van der Waals surface area contributed by atoms with Gasteiger partial charge >= 0.3 is 0 Å². The zero-order valence-corrected chi connectivity index (χ0v) is 11.1. The first kappa shape index (κ1) is 12.7. The monoisotopic (exact) mass is 259 g/mol. The van der Waals surface area contributed by atoms with Crippen LogP contribution >= 0.6 is 11.6 Å². The largest absolute Gasteiger partial charge is 0.322 e. The van der Waals surface area contributed by atoms with Gasteiger partial charge in [0.1, 0.15) is 0 Å². The Morgan fingerprint density at radius 3 is 2.17 bits per heavy atom. The Hall–Kier alpha value is -1.80.